The average Bonchev–Trinajstić information content (AvgIpc) is 3.42. The van der Waals surface area contributed by atoms with E-state index >= 15 is 4.39 Å². The fraction of sp³-hybridized carbons (Fsp3) is 0.273. The molecule has 0 radical (unpaired) electrons. The summed E-state index contributed by atoms with van der Waals surface area (Å²) in [6, 6.07) is 18.7. The van der Waals surface area contributed by atoms with Crippen molar-refractivity contribution in [2.24, 2.45) is 0 Å². The van der Waals surface area contributed by atoms with Crippen LogP contribution in [-0.2, 0) is 20.0 Å². The van der Waals surface area contributed by atoms with Gasteiger partial charge in [0.05, 0.1) is 18.3 Å². The number of pyridine rings is 1. The second kappa shape index (κ2) is 13.8. The molecule has 11 nitrogen and oxygen atoms in total. The molecule has 0 bridgehead atoms. The number of anilines is 1. The van der Waals surface area contributed by atoms with E-state index < -0.39 is 54.3 Å². The van der Waals surface area contributed by atoms with Crippen LogP contribution < -0.4 is 14.6 Å². The van der Waals surface area contributed by atoms with Crippen molar-refractivity contribution in [2.45, 2.75) is 17.0 Å². The largest absolute Gasteiger partial charge is 0.336 e. The van der Waals surface area contributed by atoms with E-state index in [0.717, 1.165) is 22.7 Å². The number of carbonyl (C=O) groups is 1. The number of nitrogens with one attached hydrogen (secondary N) is 1. The van der Waals surface area contributed by atoms with E-state index in [1.54, 1.807) is 53.4 Å². The van der Waals surface area contributed by atoms with E-state index in [1.165, 1.54) is 28.8 Å². The highest BCUT2D eigenvalue weighted by atomic mass is 35.5. The SMILES string of the molecule is CS(=O)(=O)NCCN1CCN(C(=O)c2ccc3n(c2=O)C(c2ccc(Cl)cc2)C(c2ccc(Cl)cc2)N3S(=O)(=O)c2ccccc2F)CC1. The molecule has 1 fully saturated rings. The van der Waals surface area contributed by atoms with Crippen molar-refractivity contribution in [1.82, 2.24) is 19.1 Å². The van der Waals surface area contributed by atoms with Gasteiger partial charge in [-0.1, -0.05) is 59.6 Å². The van der Waals surface area contributed by atoms with Gasteiger partial charge in [0.15, 0.2) is 0 Å². The summed E-state index contributed by atoms with van der Waals surface area (Å²) in [6.45, 7) is 2.19. The van der Waals surface area contributed by atoms with Gasteiger partial charge in [-0.15, -0.1) is 0 Å². The summed E-state index contributed by atoms with van der Waals surface area (Å²) in [5.41, 5.74) is 0.129. The lowest BCUT2D eigenvalue weighted by Crippen LogP contribution is -2.51. The van der Waals surface area contributed by atoms with E-state index in [1.807, 2.05) is 4.90 Å². The standard InChI is InChI=1S/C33H32Cl2FN5O6S2/c1-48(44,45)37-16-17-38-18-20-39(21-19-38)32(42)26-14-15-29-40(33(26)43)30(22-6-10-24(34)11-7-22)31(23-8-12-25(35)13-9-23)41(29)49(46,47)28-5-3-2-4-27(28)36/h2-15,30-31,37H,16-21H2,1H3. The number of halogens is 3. The number of hydrogen-bond acceptors (Lipinski definition) is 7. The third-order valence-corrected chi connectivity index (χ3v) is 11.7. The van der Waals surface area contributed by atoms with Crippen molar-refractivity contribution < 1.29 is 26.0 Å². The second-order valence-corrected chi connectivity index (χ2v) is 16.3. The average molecular weight is 749 g/mol. The molecule has 1 N–H and O–H groups in total. The van der Waals surface area contributed by atoms with Gasteiger partial charge in [-0.3, -0.25) is 19.1 Å². The third kappa shape index (κ3) is 7.12. The Balaban J connectivity index is 1.44. The topological polar surface area (TPSA) is 129 Å². The van der Waals surface area contributed by atoms with Crippen molar-refractivity contribution >= 4 is 55.0 Å². The summed E-state index contributed by atoms with van der Waals surface area (Å²) in [4.78, 5) is 31.4. The lowest BCUT2D eigenvalue weighted by Gasteiger charge is -2.34. The Labute approximate surface area is 293 Å². The van der Waals surface area contributed by atoms with E-state index in [0.29, 0.717) is 53.9 Å². The minimum Gasteiger partial charge on any atom is -0.336 e. The van der Waals surface area contributed by atoms with E-state index in [4.69, 9.17) is 23.2 Å². The highest BCUT2D eigenvalue weighted by Crippen LogP contribution is 2.49. The first-order valence-electron chi connectivity index (χ1n) is 15.3. The molecule has 258 valence electrons. The molecule has 49 heavy (non-hydrogen) atoms. The molecule has 1 saturated heterocycles. The van der Waals surface area contributed by atoms with Crippen LogP contribution in [0.4, 0.5) is 10.2 Å². The highest BCUT2D eigenvalue weighted by Gasteiger charge is 2.48. The Morgan fingerprint density at radius 2 is 1.39 bits per heavy atom. The second-order valence-electron chi connectivity index (χ2n) is 11.8. The molecule has 2 atom stereocenters. The Kier molecular flexibility index (Phi) is 9.90. The summed E-state index contributed by atoms with van der Waals surface area (Å²) in [5, 5.41) is 0.825. The number of piperazine rings is 1. The zero-order chi connectivity index (χ0) is 35.1. The van der Waals surface area contributed by atoms with E-state index in [-0.39, 0.29) is 17.9 Å². The van der Waals surface area contributed by atoms with Crippen LogP contribution in [0.3, 0.4) is 0 Å². The molecule has 0 saturated carbocycles. The Hall–Kier alpha value is -3.79. The maximum atomic E-state index is 15.2. The molecule has 16 heteroatoms. The van der Waals surface area contributed by atoms with E-state index in [2.05, 4.69) is 4.72 Å². The molecule has 0 spiro atoms. The number of carbonyl (C=O) groups excluding carboxylic acids is 1. The molecule has 1 aromatic heterocycles. The number of nitrogens with zero attached hydrogens (tertiary/aromatic N) is 4. The van der Waals surface area contributed by atoms with Crippen LogP contribution in [0.15, 0.2) is 94.6 Å². The van der Waals surface area contributed by atoms with Crippen molar-refractivity contribution in [1.29, 1.82) is 0 Å². The Bertz CT molecular complexity index is 2160. The van der Waals surface area contributed by atoms with Crippen LogP contribution in [0.5, 0.6) is 0 Å². The monoisotopic (exact) mass is 747 g/mol. The van der Waals surface area contributed by atoms with Crippen LogP contribution in [0.1, 0.15) is 33.6 Å². The van der Waals surface area contributed by atoms with E-state index in [9.17, 15) is 26.4 Å². The molecule has 3 aromatic carbocycles. The lowest BCUT2D eigenvalue weighted by molar-refractivity contribution is 0.0637. The first-order valence-corrected chi connectivity index (χ1v) is 19.4. The van der Waals surface area contributed by atoms with Crippen LogP contribution in [0, 0.1) is 5.82 Å². The van der Waals surface area contributed by atoms with Gasteiger partial charge in [0.2, 0.25) is 10.0 Å². The zero-order valence-electron chi connectivity index (χ0n) is 26.2. The fourth-order valence-electron chi connectivity index (χ4n) is 6.30. The van der Waals surface area contributed by atoms with Gasteiger partial charge < -0.3 is 4.90 Å². The molecule has 2 aliphatic heterocycles. The van der Waals surface area contributed by atoms with Crippen molar-refractivity contribution in [3.05, 3.63) is 128 Å². The van der Waals surface area contributed by atoms with Crippen LogP contribution >= 0.6 is 23.2 Å². The minimum absolute atomic E-state index is 0.0482. The molecule has 2 unspecified atom stereocenters. The van der Waals surface area contributed by atoms with Crippen molar-refractivity contribution in [3.63, 3.8) is 0 Å². The number of aromatic nitrogens is 1. The summed E-state index contributed by atoms with van der Waals surface area (Å²) in [7, 11) is -7.96. The Morgan fingerprint density at radius 3 is 1.96 bits per heavy atom. The highest BCUT2D eigenvalue weighted by molar-refractivity contribution is 7.92. The van der Waals surface area contributed by atoms with Crippen LogP contribution in [-0.4, -0.2) is 82.6 Å². The molecule has 1 amide bonds. The smallest absolute Gasteiger partial charge is 0.269 e. The predicted molar refractivity (Wildman–Crippen MR) is 186 cm³/mol. The van der Waals surface area contributed by atoms with Crippen LogP contribution in [0.2, 0.25) is 10.0 Å². The maximum absolute atomic E-state index is 15.2. The number of rotatable bonds is 9. The molecule has 4 aromatic rings. The molecule has 3 heterocycles. The number of hydrogen-bond donors (Lipinski definition) is 1. The number of sulfonamides is 2. The van der Waals surface area contributed by atoms with Gasteiger partial charge in [0.25, 0.3) is 21.5 Å². The quantitative estimate of drug-likeness (QED) is 0.273. The van der Waals surface area contributed by atoms with Gasteiger partial charge >= 0.3 is 0 Å². The molecular weight excluding hydrogens is 716 g/mol. The predicted octanol–water partition coefficient (Wildman–Crippen LogP) is 4.14. The molecule has 0 aliphatic carbocycles. The fourth-order valence-corrected chi connectivity index (χ4v) is 8.72. The maximum Gasteiger partial charge on any atom is 0.269 e. The molecule has 2 aliphatic rings. The Morgan fingerprint density at radius 1 is 0.816 bits per heavy atom. The minimum atomic E-state index is -4.64. The summed E-state index contributed by atoms with van der Waals surface area (Å²) >= 11 is 12.4. The number of fused-ring (bicyclic) bond motifs is 1. The van der Waals surface area contributed by atoms with Gasteiger partial charge in [-0.2, -0.15) is 0 Å². The first-order chi connectivity index (χ1) is 23.3. The number of amides is 1. The van der Waals surface area contributed by atoms with Crippen molar-refractivity contribution in [2.75, 3.05) is 49.8 Å². The molecular formula is C33H32Cl2FN5O6S2. The normalized spacial score (nSPS) is 18.4. The first kappa shape index (κ1) is 35.1. The van der Waals surface area contributed by atoms with Gasteiger partial charge in [0.1, 0.15) is 22.1 Å². The number of benzene rings is 3. The summed E-state index contributed by atoms with van der Waals surface area (Å²) in [6.07, 6.45) is 1.09. The van der Waals surface area contributed by atoms with Gasteiger partial charge in [-0.05, 0) is 59.7 Å². The lowest BCUT2D eigenvalue weighted by atomic mass is 9.94. The summed E-state index contributed by atoms with van der Waals surface area (Å²) < 4.78 is 71.6. The van der Waals surface area contributed by atoms with Gasteiger partial charge in [0, 0.05) is 49.3 Å². The summed E-state index contributed by atoms with van der Waals surface area (Å²) in [5.74, 6) is -1.53. The van der Waals surface area contributed by atoms with Gasteiger partial charge in [-0.25, -0.2) is 30.3 Å². The zero-order valence-corrected chi connectivity index (χ0v) is 29.3. The molecule has 6 rings (SSSR count). The van der Waals surface area contributed by atoms with Crippen molar-refractivity contribution in [3.8, 4) is 0 Å². The third-order valence-electron chi connectivity index (χ3n) is 8.63. The van der Waals surface area contributed by atoms with Crippen LogP contribution in [0.25, 0.3) is 0 Å².